The van der Waals surface area contributed by atoms with Crippen LogP contribution in [0.25, 0.3) is 167 Å². The standard InChI is InChI=1S/C76H46N8O/c1-3-25-47(26-4-1)73-78-74(48-27-5-2-6-28-48)80-75(79-73)67-68(76-77-57-37-15-24-46-66(57)85-76)70(82-60-40-18-9-31-51(60)52-32-10-19-41-61(52)82)72(84-64-44-22-13-35-55(64)56-36-14-23-45-65(56)84)71(83-62-42-20-11-33-53(62)54-34-12-21-43-63(54)83)69(67)81-58-38-16-7-29-49(58)50-30-8-17-39-59(50)81/h1-46H. The summed E-state index contributed by atoms with van der Waals surface area (Å²) < 4.78 is 17.4. The molecule has 18 aromatic rings. The Kier molecular flexibility index (Phi) is 10.2. The minimum Gasteiger partial charge on any atom is -0.436 e. The molecule has 0 N–H and O–H groups in total. The van der Waals surface area contributed by atoms with E-state index in [1.807, 2.05) is 60.7 Å². The first-order chi connectivity index (χ1) is 42.2. The number of hydrogen-bond acceptors (Lipinski definition) is 5. The molecule has 12 aromatic carbocycles. The highest BCUT2D eigenvalue weighted by Gasteiger charge is 2.38. The monoisotopic (exact) mass is 1090 g/mol. The molecule has 6 aromatic heterocycles. The van der Waals surface area contributed by atoms with E-state index in [1.54, 1.807) is 0 Å². The SMILES string of the molecule is c1ccc(-c2nc(-c3ccccc3)nc(-c3c(-c4nc5ccccc5o4)c(-n4c5ccccc5c5ccccc54)c(-n4c5ccccc5c5ccccc54)c(-n4c5ccccc5c5ccccc54)c3-n3c4ccccc4c4ccccc43)n2)cc1. The summed E-state index contributed by atoms with van der Waals surface area (Å²) in [6.07, 6.45) is 0. The molecule has 9 nitrogen and oxygen atoms in total. The summed E-state index contributed by atoms with van der Waals surface area (Å²) in [6, 6.07) is 98.8. The molecule has 0 bridgehead atoms. The second-order valence-corrected chi connectivity index (χ2v) is 21.6. The maximum Gasteiger partial charge on any atom is 0.230 e. The van der Waals surface area contributed by atoms with Crippen LogP contribution in [0.5, 0.6) is 0 Å². The number of rotatable bonds is 8. The third kappa shape index (κ3) is 6.92. The average molecular weight is 1090 g/mol. The first kappa shape index (κ1) is 47.0. The van der Waals surface area contributed by atoms with E-state index in [0.717, 1.165) is 121 Å². The van der Waals surface area contributed by atoms with Gasteiger partial charge in [-0.2, -0.15) is 0 Å². The zero-order chi connectivity index (χ0) is 55.7. The van der Waals surface area contributed by atoms with Crippen molar-refractivity contribution in [2.24, 2.45) is 0 Å². The largest absolute Gasteiger partial charge is 0.436 e. The Morgan fingerprint density at radius 2 is 0.494 bits per heavy atom. The summed E-state index contributed by atoms with van der Waals surface area (Å²) in [6.45, 7) is 0. The maximum atomic E-state index is 7.45. The summed E-state index contributed by atoms with van der Waals surface area (Å²) in [5.74, 6) is 1.86. The van der Waals surface area contributed by atoms with Gasteiger partial charge in [0.1, 0.15) is 5.52 Å². The molecule has 396 valence electrons. The van der Waals surface area contributed by atoms with Gasteiger partial charge in [-0.3, -0.25) is 0 Å². The summed E-state index contributed by atoms with van der Waals surface area (Å²) >= 11 is 0. The Bertz CT molecular complexity index is 5440. The van der Waals surface area contributed by atoms with Crippen molar-refractivity contribution >= 4 is 98.3 Å². The van der Waals surface area contributed by atoms with Crippen molar-refractivity contribution in [2.75, 3.05) is 0 Å². The molecule has 0 saturated carbocycles. The number of nitrogens with zero attached hydrogens (tertiary/aromatic N) is 8. The number of oxazole rings is 1. The Morgan fingerprint density at radius 1 is 0.224 bits per heavy atom. The van der Waals surface area contributed by atoms with E-state index in [9.17, 15) is 0 Å². The van der Waals surface area contributed by atoms with Crippen LogP contribution in [0.1, 0.15) is 0 Å². The minimum absolute atomic E-state index is 0.397. The molecule has 0 spiro atoms. The van der Waals surface area contributed by atoms with Gasteiger partial charge in [-0.25, -0.2) is 19.9 Å². The van der Waals surface area contributed by atoms with Crippen molar-refractivity contribution in [3.05, 3.63) is 279 Å². The zero-order valence-corrected chi connectivity index (χ0v) is 45.5. The summed E-state index contributed by atoms with van der Waals surface area (Å²) in [7, 11) is 0. The molecule has 0 aliphatic heterocycles. The normalized spacial score (nSPS) is 12.0. The zero-order valence-electron chi connectivity index (χ0n) is 45.5. The second-order valence-electron chi connectivity index (χ2n) is 21.6. The van der Waals surface area contributed by atoms with Gasteiger partial charge in [-0.15, -0.1) is 0 Å². The van der Waals surface area contributed by atoms with Crippen LogP contribution in [0.4, 0.5) is 0 Å². The first-order valence-corrected chi connectivity index (χ1v) is 28.6. The second kappa shape index (κ2) is 18.4. The van der Waals surface area contributed by atoms with Gasteiger partial charge in [-0.05, 0) is 60.7 Å². The lowest BCUT2D eigenvalue weighted by Gasteiger charge is -2.30. The van der Waals surface area contributed by atoms with E-state index in [2.05, 4.69) is 237 Å². The van der Waals surface area contributed by atoms with Gasteiger partial charge in [-0.1, -0.05) is 218 Å². The van der Waals surface area contributed by atoms with Gasteiger partial charge in [0.25, 0.3) is 0 Å². The van der Waals surface area contributed by atoms with Crippen LogP contribution < -0.4 is 0 Å². The fourth-order valence-electron chi connectivity index (χ4n) is 13.5. The van der Waals surface area contributed by atoms with Crippen LogP contribution in [0.15, 0.2) is 283 Å². The molecule has 0 unspecified atom stereocenters. The summed E-state index contributed by atoms with van der Waals surface area (Å²) in [5.41, 5.74) is 15.9. The molecule has 0 fully saturated rings. The predicted octanol–water partition coefficient (Wildman–Crippen LogP) is 19.1. The third-order valence-corrected chi connectivity index (χ3v) is 17.0. The Morgan fingerprint density at radius 3 is 0.835 bits per heavy atom. The third-order valence-electron chi connectivity index (χ3n) is 17.0. The van der Waals surface area contributed by atoms with Crippen LogP contribution in [0.3, 0.4) is 0 Å². The number of fused-ring (bicyclic) bond motifs is 13. The van der Waals surface area contributed by atoms with Crippen molar-refractivity contribution in [3.8, 4) is 68.4 Å². The molecule has 18 rings (SSSR count). The van der Waals surface area contributed by atoms with Gasteiger partial charge in [0, 0.05) is 54.2 Å². The van der Waals surface area contributed by atoms with Crippen LogP contribution in [0, 0.1) is 0 Å². The quantitative estimate of drug-likeness (QED) is 0.151. The van der Waals surface area contributed by atoms with Gasteiger partial charge < -0.3 is 22.7 Å². The van der Waals surface area contributed by atoms with E-state index in [1.165, 1.54) is 0 Å². The van der Waals surface area contributed by atoms with Crippen molar-refractivity contribution in [1.29, 1.82) is 0 Å². The highest BCUT2D eigenvalue weighted by molar-refractivity contribution is 6.18. The van der Waals surface area contributed by atoms with E-state index in [0.29, 0.717) is 45.6 Å². The maximum absolute atomic E-state index is 7.45. The molecule has 0 radical (unpaired) electrons. The first-order valence-electron chi connectivity index (χ1n) is 28.6. The number of hydrogen-bond donors (Lipinski definition) is 0. The van der Waals surface area contributed by atoms with Crippen molar-refractivity contribution in [1.82, 2.24) is 38.2 Å². The number of benzene rings is 12. The van der Waals surface area contributed by atoms with Crippen LogP contribution in [0.2, 0.25) is 0 Å². The Balaban J connectivity index is 1.22. The highest BCUT2D eigenvalue weighted by atomic mass is 16.3. The minimum atomic E-state index is 0.397. The molecule has 0 aliphatic carbocycles. The lowest BCUT2D eigenvalue weighted by molar-refractivity contribution is 0.619. The molecule has 0 atom stereocenters. The summed E-state index contributed by atoms with van der Waals surface area (Å²) in [5, 5.41) is 8.83. The van der Waals surface area contributed by atoms with Crippen LogP contribution in [-0.2, 0) is 0 Å². The molecular formula is C76H46N8O. The lowest BCUT2D eigenvalue weighted by Crippen LogP contribution is -2.17. The number of aromatic nitrogens is 8. The van der Waals surface area contributed by atoms with Gasteiger partial charge in [0.05, 0.1) is 78.0 Å². The predicted molar refractivity (Wildman–Crippen MR) is 346 cm³/mol. The average Bonchev–Trinajstić information content (AvgIpc) is 1.70. The Labute approximate surface area is 485 Å². The number of para-hydroxylation sites is 10. The molecular weight excluding hydrogens is 1040 g/mol. The molecule has 9 heteroatoms. The smallest absolute Gasteiger partial charge is 0.230 e. The molecule has 85 heavy (non-hydrogen) atoms. The lowest BCUT2D eigenvalue weighted by atomic mass is 9.95. The molecule has 6 heterocycles. The van der Waals surface area contributed by atoms with E-state index >= 15 is 0 Å². The molecule has 0 amide bonds. The van der Waals surface area contributed by atoms with Crippen molar-refractivity contribution < 1.29 is 4.42 Å². The molecule has 0 aliphatic rings. The summed E-state index contributed by atoms with van der Waals surface area (Å²) in [4.78, 5) is 22.7. The Hall–Kier alpha value is -11.7. The van der Waals surface area contributed by atoms with Gasteiger partial charge in [0.15, 0.2) is 23.1 Å². The van der Waals surface area contributed by atoms with Gasteiger partial charge in [0.2, 0.25) is 5.89 Å². The van der Waals surface area contributed by atoms with E-state index in [4.69, 9.17) is 24.4 Å². The van der Waals surface area contributed by atoms with Crippen molar-refractivity contribution in [3.63, 3.8) is 0 Å². The topological polar surface area (TPSA) is 84.4 Å². The van der Waals surface area contributed by atoms with Crippen LogP contribution >= 0.6 is 0 Å². The van der Waals surface area contributed by atoms with Crippen LogP contribution in [-0.4, -0.2) is 38.2 Å². The van der Waals surface area contributed by atoms with Crippen molar-refractivity contribution in [2.45, 2.75) is 0 Å². The van der Waals surface area contributed by atoms with E-state index in [-0.39, 0.29) is 0 Å². The van der Waals surface area contributed by atoms with E-state index < -0.39 is 0 Å². The van der Waals surface area contributed by atoms with Gasteiger partial charge >= 0.3 is 0 Å². The fraction of sp³-hybridized carbons (Fsp3) is 0. The highest BCUT2D eigenvalue weighted by Crippen LogP contribution is 2.54. The molecule has 0 saturated heterocycles. The fourth-order valence-corrected chi connectivity index (χ4v) is 13.5.